The third-order valence-electron chi connectivity index (χ3n) is 1.70. The molecule has 0 aliphatic heterocycles. The van der Waals surface area contributed by atoms with Crippen molar-refractivity contribution in [3.63, 3.8) is 0 Å². The Balaban J connectivity index is 2.25. The molecule has 0 radical (unpaired) electrons. The van der Waals surface area contributed by atoms with Crippen molar-refractivity contribution in [2.75, 3.05) is 6.61 Å². The van der Waals surface area contributed by atoms with Crippen LogP contribution in [0.15, 0.2) is 0 Å². The molecule has 1 saturated carbocycles. The normalized spacial score (nSPS) is 20.1. The van der Waals surface area contributed by atoms with E-state index in [1.807, 2.05) is 0 Å². The van der Waals surface area contributed by atoms with Gasteiger partial charge in [-0.2, -0.15) is 0 Å². The molecule has 1 aliphatic carbocycles. The predicted octanol–water partition coefficient (Wildman–Crippen LogP) is 0.0249. The first kappa shape index (κ1) is 7.34. The van der Waals surface area contributed by atoms with Gasteiger partial charge in [0.2, 0.25) is 0 Å². The van der Waals surface area contributed by atoms with E-state index in [4.69, 9.17) is 10.2 Å². The lowest BCUT2D eigenvalue weighted by atomic mass is 10.2. The Hall–Kier alpha value is -0.770. The molecule has 1 fully saturated rings. The molecule has 1 aliphatic rings. The van der Waals surface area contributed by atoms with E-state index in [2.05, 4.69) is 5.32 Å². The van der Waals surface area contributed by atoms with Gasteiger partial charge in [-0.3, -0.25) is 0 Å². The topological polar surface area (TPSA) is 69.6 Å². The van der Waals surface area contributed by atoms with Gasteiger partial charge in [0.05, 0.1) is 12.6 Å². The Morgan fingerprint density at radius 2 is 2.30 bits per heavy atom. The van der Waals surface area contributed by atoms with E-state index in [1.54, 1.807) is 0 Å². The van der Waals surface area contributed by atoms with Gasteiger partial charge >= 0.3 is 6.09 Å². The fraction of sp³-hybridized carbons (Fsp3) is 0.833. The first-order valence-electron chi connectivity index (χ1n) is 3.34. The maximum atomic E-state index is 10.1. The molecule has 0 saturated heterocycles. The molecule has 3 N–H and O–H groups in total. The molecule has 0 aromatic rings. The summed E-state index contributed by atoms with van der Waals surface area (Å²) in [4.78, 5) is 10.1. The van der Waals surface area contributed by atoms with Gasteiger partial charge in [0.1, 0.15) is 0 Å². The number of carbonyl (C=O) groups is 1. The minimum atomic E-state index is -1.05. The molecule has 0 aromatic carbocycles. The highest BCUT2D eigenvalue weighted by molar-refractivity contribution is 5.64. The van der Waals surface area contributed by atoms with Gasteiger partial charge in [-0.25, -0.2) is 4.79 Å². The summed E-state index contributed by atoms with van der Waals surface area (Å²) in [5, 5.41) is 19.2. The van der Waals surface area contributed by atoms with E-state index in [0.29, 0.717) is 5.92 Å². The lowest BCUT2D eigenvalue weighted by molar-refractivity contribution is 0.173. The van der Waals surface area contributed by atoms with E-state index in [1.165, 1.54) is 0 Å². The van der Waals surface area contributed by atoms with Crippen molar-refractivity contribution in [1.29, 1.82) is 0 Å². The summed E-state index contributed by atoms with van der Waals surface area (Å²) in [6.07, 6.45) is 1.02. The number of amides is 1. The van der Waals surface area contributed by atoms with Gasteiger partial charge in [-0.15, -0.1) is 0 Å². The molecule has 0 bridgehead atoms. The fourth-order valence-electron chi connectivity index (χ4n) is 0.970. The van der Waals surface area contributed by atoms with Crippen molar-refractivity contribution in [2.45, 2.75) is 18.9 Å². The van der Waals surface area contributed by atoms with Crippen LogP contribution >= 0.6 is 0 Å². The summed E-state index contributed by atoms with van der Waals surface area (Å²) in [5.41, 5.74) is 0. The Bertz CT molecular complexity index is 133. The monoisotopic (exact) mass is 145 g/mol. The average molecular weight is 145 g/mol. The van der Waals surface area contributed by atoms with Crippen LogP contribution < -0.4 is 5.32 Å². The Kier molecular flexibility index (Phi) is 2.11. The van der Waals surface area contributed by atoms with Gasteiger partial charge in [-0.1, -0.05) is 0 Å². The van der Waals surface area contributed by atoms with Crippen molar-refractivity contribution in [2.24, 2.45) is 5.92 Å². The molecule has 1 rings (SSSR count). The van der Waals surface area contributed by atoms with Crippen LogP contribution in [-0.2, 0) is 0 Å². The maximum Gasteiger partial charge on any atom is 0.404 e. The van der Waals surface area contributed by atoms with E-state index < -0.39 is 6.09 Å². The van der Waals surface area contributed by atoms with Crippen LogP contribution in [0.4, 0.5) is 4.79 Å². The summed E-state index contributed by atoms with van der Waals surface area (Å²) in [7, 11) is 0. The molecule has 58 valence electrons. The van der Waals surface area contributed by atoms with Gasteiger partial charge in [0, 0.05) is 0 Å². The molecular formula is C6H11NO3. The van der Waals surface area contributed by atoms with Crippen molar-refractivity contribution in [3.8, 4) is 0 Å². The van der Waals surface area contributed by atoms with Gasteiger partial charge in [-0.05, 0) is 18.8 Å². The summed E-state index contributed by atoms with van der Waals surface area (Å²) in [6.45, 7) is -0.0863. The second-order valence-electron chi connectivity index (χ2n) is 2.58. The summed E-state index contributed by atoms with van der Waals surface area (Å²) < 4.78 is 0. The van der Waals surface area contributed by atoms with E-state index >= 15 is 0 Å². The predicted molar refractivity (Wildman–Crippen MR) is 34.8 cm³/mol. The SMILES string of the molecule is O=C(O)N[C@@H](CO)C1CC1. The second kappa shape index (κ2) is 2.88. The van der Waals surface area contributed by atoms with Crippen LogP contribution in [0.1, 0.15) is 12.8 Å². The number of hydrogen-bond acceptors (Lipinski definition) is 2. The zero-order valence-electron chi connectivity index (χ0n) is 5.58. The first-order valence-corrected chi connectivity index (χ1v) is 3.34. The second-order valence-corrected chi connectivity index (χ2v) is 2.58. The largest absolute Gasteiger partial charge is 0.465 e. The number of aliphatic hydroxyl groups excluding tert-OH is 1. The smallest absolute Gasteiger partial charge is 0.404 e. The van der Waals surface area contributed by atoms with Crippen LogP contribution in [-0.4, -0.2) is 29.0 Å². The number of nitrogens with one attached hydrogen (secondary N) is 1. The summed E-state index contributed by atoms with van der Waals surface area (Å²) in [6, 6.07) is -0.238. The molecule has 4 heteroatoms. The van der Waals surface area contributed by atoms with Crippen molar-refractivity contribution in [3.05, 3.63) is 0 Å². The quantitative estimate of drug-likeness (QED) is 0.524. The highest BCUT2D eigenvalue weighted by Crippen LogP contribution is 2.32. The number of carboxylic acid groups (broad SMARTS) is 1. The third-order valence-corrected chi connectivity index (χ3v) is 1.70. The third kappa shape index (κ3) is 1.88. The van der Waals surface area contributed by atoms with E-state index in [0.717, 1.165) is 12.8 Å². The Morgan fingerprint density at radius 1 is 1.70 bits per heavy atom. The Morgan fingerprint density at radius 3 is 2.60 bits per heavy atom. The standard InChI is InChI=1S/C6H11NO3/c8-3-5(4-1-2-4)7-6(9)10/h4-5,7-8H,1-3H2,(H,9,10)/t5-/m0/s1. The van der Waals surface area contributed by atoms with Crippen molar-refractivity contribution < 1.29 is 15.0 Å². The Labute approximate surface area is 58.9 Å². The number of rotatable bonds is 3. The zero-order chi connectivity index (χ0) is 7.56. The van der Waals surface area contributed by atoms with Gasteiger partial charge in [0.25, 0.3) is 0 Å². The molecule has 0 heterocycles. The first-order chi connectivity index (χ1) is 4.74. The van der Waals surface area contributed by atoms with Crippen LogP contribution in [0.25, 0.3) is 0 Å². The minimum Gasteiger partial charge on any atom is -0.465 e. The van der Waals surface area contributed by atoms with Gasteiger partial charge < -0.3 is 15.5 Å². The van der Waals surface area contributed by atoms with Crippen molar-refractivity contribution >= 4 is 6.09 Å². The van der Waals surface area contributed by atoms with E-state index in [-0.39, 0.29) is 12.6 Å². The summed E-state index contributed by atoms with van der Waals surface area (Å²) in [5.74, 6) is 0.376. The molecule has 1 amide bonds. The van der Waals surface area contributed by atoms with Crippen LogP contribution in [0.3, 0.4) is 0 Å². The maximum absolute atomic E-state index is 10.1. The lowest BCUT2D eigenvalue weighted by Gasteiger charge is -2.11. The number of aliphatic hydroxyl groups is 1. The number of hydrogen-bond donors (Lipinski definition) is 3. The highest BCUT2D eigenvalue weighted by Gasteiger charge is 2.31. The van der Waals surface area contributed by atoms with E-state index in [9.17, 15) is 4.79 Å². The van der Waals surface area contributed by atoms with Crippen LogP contribution in [0, 0.1) is 5.92 Å². The lowest BCUT2D eigenvalue weighted by Crippen LogP contribution is -2.37. The van der Waals surface area contributed by atoms with Crippen LogP contribution in [0.2, 0.25) is 0 Å². The van der Waals surface area contributed by atoms with Crippen molar-refractivity contribution in [1.82, 2.24) is 5.32 Å². The molecule has 4 nitrogen and oxygen atoms in total. The molecule has 1 atom stereocenters. The van der Waals surface area contributed by atoms with Crippen LogP contribution in [0.5, 0.6) is 0 Å². The molecule has 0 aromatic heterocycles. The molecule has 0 spiro atoms. The average Bonchev–Trinajstić information content (AvgIpc) is 2.63. The fourth-order valence-corrected chi connectivity index (χ4v) is 0.970. The molecular weight excluding hydrogens is 134 g/mol. The zero-order valence-corrected chi connectivity index (χ0v) is 5.58. The highest BCUT2D eigenvalue weighted by atomic mass is 16.4. The molecule has 0 unspecified atom stereocenters. The molecule has 10 heavy (non-hydrogen) atoms. The minimum absolute atomic E-state index is 0.0863. The van der Waals surface area contributed by atoms with Gasteiger partial charge in [0.15, 0.2) is 0 Å². The summed E-state index contributed by atoms with van der Waals surface area (Å²) >= 11 is 0.